The van der Waals surface area contributed by atoms with Crippen LogP contribution in [0, 0.1) is 6.92 Å². The Hall–Kier alpha value is -0.710. The van der Waals surface area contributed by atoms with Gasteiger partial charge in [0.15, 0.2) is 0 Å². The third-order valence-corrected chi connectivity index (χ3v) is 3.89. The van der Waals surface area contributed by atoms with E-state index < -0.39 is 0 Å². The van der Waals surface area contributed by atoms with Crippen LogP contribution < -0.4 is 0 Å². The summed E-state index contributed by atoms with van der Waals surface area (Å²) in [6.45, 7) is 1.87. The van der Waals surface area contributed by atoms with Crippen LogP contribution in [0.15, 0.2) is 28.1 Å². The molecule has 2 nitrogen and oxygen atoms in total. The van der Waals surface area contributed by atoms with E-state index in [0.717, 1.165) is 8.79 Å². The van der Waals surface area contributed by atoms with E-state index in [4.69, 9.17) is 11.6 Å². The Balaban J connectivity index is 2.39. The van der Waals surface area contributed by atoms with Gasteiger partial charge in [-0.25, -0.2) is 4.98 Å². The Kier molecular flexibility index (Phi) is 3.42. The quantitative estimate of drug-likeness (QED) is 0.781. The molecule has 2 rings (SSSR count). The van der Waals surface area contributed by atoms with Crippen LogP contribution in [-0.2, 0) is 0 Å². The lowest BCUT2D eigenvalue weighted by atomic mass is 10.1. The molecule has 16 heavy (non-hydrogen) atoms. The van der Waals surface area contributed by atoms with Crippen LogP contribution in [0.25, 0.3) is 0 Å². The molecule has 0 N–H and O–H groups in total. The summed E-state index contributed by atoms with van der Waals surface area (Å²) in [6.07, 6.45) is 0. The topological polar surface area (TPSA) is 30.0 Å². The van der Waals surface area contributed by atoms with Crippen molar-refractivity contribution in [2.75, 3.05) is 0 Å². The highest BCUT2D eigenvalue weighted by Gasteiger charge is 2.16. The number of ketones is 1. The number of thiazole rings is 1. The van der Waals surface area contributed by atoms with E-state index in [1.54, 1.807) is 24.3 Å². The summed E-state index contributed by atoms with van der Waals surface area (Å²) in [7, 11) is 0. The number of hydrogen-bond acceptors (Lipinski definition) is 3. The summed E-state index contributed by atoms with van der Waals surface area (Å²) in [4.78, 5) is 16.3. The molecule has 0 amide bonds. The van der Waals surface area contributed by atoms with Crippen LogP contribution in [0.4, 0.5) is 0 Å². The molecule has 0 aliphatic heterocycles. The van der Waals surface area contributed by atoms with Crippen molar-refractivity contribution < 1.29 is 4.79 Å². The molecule has 1 aromatic heterocycles. The fraction of sp³-hybridized carbons (Fsp3) is 0.0909. The van der Waals surface area contributed by atoms with Crippen molar-refractivity contribution in [1.82, 2.24) is 4.98 Å². The van der Waals surface area contributed by atoms with Gasteiger partial charge in [-0.2, -0.15) is 0 Å². The van der Waals surface area contributed by atoms with Crippen molar-refractivity contribution in [2.24, 2.45) is 0 Å². The van der Waals surface area contributed by atoms with Crippen molar-refractivity contribution in [1.29, 1.82) is 0 Å². The monoisotopic (exact) mass is 315 g/mol. The zero-order valence-electron chi connectivity index (χ0n) is 8.33. The molecule has 0 atom stereocenters. The first-order valence-corrected chi connectivity index (χ1v) is 6.50. The van der Waals surface area contributed by atoms with Crippen LogP contribution in [0.2, 0.25) is 5.02 Å². The zero-order valence-corrected chi connectivity index (χ0v) is 11.5. The van der Waals surface area contributed by atoms with Gasteiger partial charge in [0.05, 0.1) is 5.01 Å². The molecule has 2 aromatic rings. The Morgan fingerprint density at radius 1 is 1.38 bits per heavy atom. The number of benzene rings is 1. The average Bonchev–Trinajstić information content (AvgIpc) is 2.58. The number of hydrogen-bond donors (Lipinski definition) is 0. The SMILES string of the molecule is Cc1nc(C(=O)c2ccc(Cl)cc2)c(Br)s1. The summed E-state index contributed by atoms with van der Waals surface area (Å²) in [5.74, 6) is -0.0899. The minimum atomic E-state index is -0.0899. The summed E-state index contributed by atoms with van der Waals surface area (Å²) in [5.41, 5.74) is 1.06. The minimum absolute atomic E-state index is 0.0899. The largest absolute Gasteiger partial charge is 0.287 e. The molecule has 0 fully saturated rings. The third-order valence-electron chi connectivity index (χ3n) is 2.01. The van der Waals surface area contributed by atoms with Gasteiger partial charge in [0.2, 0.25) is 5.78 Å². The van der Waals surface area contributed by atoms with Crippen LogP contribution >= 0.6 is 38.9 Å². The molecule has 0 radical (unpaired) electrons. The summed E-state index contributed by atoms with van der Waals surface area (Å²) < 4.78 is 0.768. The van der Waals surface area contributed by atoms with Gasteiger partial charge in [0, 0.05) is 10.6 Å². The van der Waals surface area contributed by atoms with Crippen molar-refractivity contribution in [3.8, 4) is 0 Å². The van der Waals surface area contributed by atoms with Gasteiger partial charge in [-0.05, 0) is 47.1 Å². The highest BCUT2D eigenvalue weighted by atomic mass is 79.9. The predicted molar refractivity (Wildman–Crippen MR) is 69.4 cm³/mol. The number of halogens is 2. The number of aryl methyl sites for hydroxylation is 1. The molecule has 82 valence electrons. The van der Waals surface area contributed by atoms with Crippen LogP contribution in [0.5, 0.6) is 0 Å². The number of carbonyl (C=O) groups is 1. The smallest absolute Gasteiger partial charge is 0.213 e. The summed E-state index contributed by atoms with van der Waals surface area (Å²) in [6, 6.07) is 6.79. The molecule has 0 saturated carbocycles. The van der Waals surface area contributed by atoms with Crippen LogP contribution in [0.1, 0.15) is 21.1 Å². The zero-order chi connectivity index (χ0) is 11.7. The number of nitrogens with zero attached hydrogens (tertiary/aromatic N) is 1. The van der Waals surface area contributed by atoms with Crippen molar-refractivity contribution in [3.63, 3.8) is 0 Å². The molecule has 0 saturated heterocycles. The number of carbonyl (C=O) groups excluding carboxylic acids is 1. The molecular weight excluding hydrogens is 310 g/mol. The Morgan fingerprint density at radius 3 is 2.50 bits per heavy atom. The first-order chi connectivity index (χ1) is 7.58. The van der Waals surface area contributed by atoms with Crippen LogP contribution in [-0.4, -0.2) is 10.8 Å². The third kappa shape index (κ3) is 2.34. The number of rotatable bonds is 2. The standard InChI is InChI=1S/C11H7BrClNOS/c1-6-14-9(11(12)16-6)10(15)7-2-4-8(13)5-3-7/h2-5H,1H3. The Labute approximate surface area is 110 Å². The lowest BCUT2D eigenvalue weighted by molar-refractivity contribution is 0.103. The maximum Gasteiger partial charge on any atom is 0.213 e. The van der Waals surface area contributed by atoms with Gasteiger partial charge in [-0.1, -0.05) is 11.6 Å². The highest BCUT2D eigenvalue weighted by molar-refractivity contribution is 9.11. The van der Waals surface area contributed by atoms with Gasteiger partial charge >= 0.3 is 0 Å². The van der Waals surface area contributed by atoms with Crippen molar-refractivity contribution in [3.05, 3.63) is 49.3 Å². The van der Waals surface area contributed by atoms with E-state index in [2.05, 4.69) is 20.9 Å². The Bertz CT molecular complexity index is 535. The first kappa shape index (κ1) is 11.8. The van der Waals surface area contributed by atoms with E-state index in [1.807, 2.05) is 6.92 Å². The van der Waals surface area contributed by atoms with E-state index >= 15 is 0 Å². The minimum Gasteiger partial charge on any atom is -0.287 e. The maximum atomic E-state index is 12.1. The van der Waals surface area contributed by atoms with Crippen LogP contribution in [0.3, 0.4) is 0 Å². The van der Waals surface area contributed by atoms with E-state index in [9.17, 15) is 4.79 Å². The van der Waals surface area contributed by atoms with Crippen molar-refractivity contribution >= 4 is 44.7 Å². The molecular formula is C11H7BrClNOS. The van der Waals surface area contributed by atoms with Gasteiger partial charge in [-0.3, -0.25) is 4.79 Å². The lowest BCUT2D eigenvalue weighted by Gasteiger charge is -1.98. The average molecular weight is 317 g/mol. The van der Waals surface area contributed by atoms with Gasteiger partial charge < -0.3 is 0 Å². The molecule has 0 aliphatic rings. The lowest BCUT2D eigenvalue weighted by Crippen LogP contribution is -2.02. The summed E-state index contributed by atoms with van der Waals surface area (Å²) >= 11 is 10.6. The second-order valence-electron chi connectivity index (χ2n) is 3.19. The molecule has 0 spiro atoms. The van der Waals surface area contributed by atoms with Gasteiger partial charge in [0.1, 0.15) is 9.48 Å². The summed E-state index contributed by atoms with van der Waals surface area (Å²) in [5, 5.41) is 1.48. The molecule has 5 heteroatoms. The molecule has 1 aromatic carbocycles. The molecule has 1 heterocycles. The van der Waals surface area contributed by atoms with E-state index in [1.165, 1.54) is 11.3 Å². The fourth-order valence-corrected chi connectivity index (χ4v) is 3.01. The van der Waals surface area contributed by atoms with Crippen molar-refractivity contribution in [2.45, 2.75) is 6.92 Å². The second-order valence-corrected chi connectivity index (χ2v) is 6.15. The Morgan fingerprint density at radius 2 is 2.00 bits per heavy atom. The predicted octanol–water partition coefficient (Wildman–Crippen LogP) is 4.10. The highest BCUT2D eigenvalue weighted by Crippen LogP contribution is 2.26. The molecule has 0 bridgehead atoms. The molecule has 0 aliphatic carbocycles. The maximum absolute atomic E-state index is 12.1. The fourth-order valence-electron chi connectivity index (χ4n) is 1.28. The first-order valence-electron chi connectivity index (χ1n) is 4.51. The normalized spacial score (nSPS) is 10.4. The van der Waals surface area contributed by atoms with Gasteiger partial charge in [-0.15, -0.1) is 11.3 Å². The van der Waals surface area contributed by atoms with E-state index in [-0.39, 0.29) is 5.78 Å². The number of aromatic nitrogens is 1. The van der Waals surface area contributed by atoms with Gasteiger partial charge in [0.25, 0.3) is 0 Å². The van der Waals surface area contributed by atoms with E-state index in [0.29, 0.717) is 16.3 Å². The molecule has 0 unspecified atom stereocenters. The second kappa shape index (κ2) is 4.65.